The third-order valence-corrected chi connectivity index (χ3v) is 4.08. The fraction of sp³-hybridized carbons (Fsp3) is 0.938. The molecule has 2 unspecified atom stereocenters. The average molecular weight is 285 g/mol. The summed E-state index contributed by atoms with van der Waals surface area (Å²) in [6, 6.07) is 0. The summed E-state index contributed by atoms with van der Waals surface area (Å²) in [4.78, 5) is 12.1. The van der Waals surface area contributed by atoms with Gasteiger partial charge in [0.25, 0.3) is 0 Å². The van der Waals surface area contributed by atoms with E-state index in [-0.39, 0.29) is 12.1 Å². The first-order chi connectivity index (χ1) is 9.54. The van der Waals surface area contributed by atoms with Crippen LogP contribution in [0, 0.1) is 5.92 Å². The van der Waals surface area contributed by atoms with Crippen molar-refractivity contribution in [3.05, 3.63) is 0 Å². The van der Waals surface area contributed by atoms with Crippen LogP contribution in [0.25, 0.3) is 0 Å². The Bertz CT molecular complexity index is 289. The predicted octanol–water partition coefficient (Wildman–Crippen LogP) is 2.90. The third-order valence-electron chi connectivity index (χ3n) is 4.08. The summed E-state index contributed by atoms with van der Waals surface area (Å²) in [6.45, 7) is 8.06. The molecule has 0 aromatic rings. The second-order valence-electron chi connectivity index (χ2n) is 6.23. The molecule has 0 aliphatic heterocycles. The van der Waals surface area contributed by atoms with Gasteiger partial charge in [0.2, 0.25) is 0 Å². The van der Waals surface area contributed by atoms with E-state index < -0.39 is 5.54 Å². The number of hydrogen-bond donors (Lipinski definition) is 1. The van der Waals surface area contributed by atoms with Gasteiger partial charge in [0.05, 0.1) is 13.2 Å². The Morgan fingerprint density at radius 1 is 1.45 bits per heavy atom. The molecule has 0 aromatic carbocycles. The summed E-state index contributed by atoms with van der Waals surface area (Å²) >= 11 is 0. The lowest BCUT2D eigenvalue weighted by Crippen LogP contribution is -2.56. The van der Waals surface area contributed by atoms with Crippen molar-refractivity contribution < 1.29 is 14.3 Å². The van der Waals surface area contributed by atoms with Gasteiger partial charge in [0.1, 0.15) is 5.54 Å². The number of rotatable bonds is 8. The van der Waals surface area contributed by atoms with Gasteiger partial charge in [-0.25, -0.2) is 0 Å². The summed E-state index contributed by atoms with van der Waals surface area (Å²) < 4.78 is 11.0. The molecule has 0 heterocycles. The predicted molar refractivity (Wildman–Crippen MR) is 80.7 cm³/mol. The number of carbonyl (C=O) groups excluding carboxylic acids is 1. The fourth-order valence-corrected chi connectivity index (χ4v) is 3.06. The van der Waals surface area contributed by atoms with Gasteiger partial charge >= 0.3 is 5.97 Å². The van der Waals surface area contributed by atoms with E-state index in [9.17, 15) is 4.79 Å². The maximum Gasteiger partial charge on any atom is 0.326 e. The second-order valence-corrected chi connectivity index (χ2v) is 6.23. The average Bonchev–Trinajstić information content (AvgIpc) is 2.43. The minimum atomic E-state index is -0.537. The normalized spacial score (nSPS) is 26.8. The lowest BCUT2D eigenvalue weighted by molar-refractivity contribution is -0.153. The Hall–Kier alpha value is -0.610. The SMILES string of the molecule is CCNC1(C(=O)OC)CCCC(OCCCC(C)C)C1. The molecule has 4 heteroatoms. The van der Waals surface area contributed by atoms with Crippen molar-refractivity contribution in [3.63, 3.8) is 0 Å². The first kappa shape index (κ1) is 17.4. The molecule has 0 amide bonds. The van der Waals surface area contributed by atoms with Gasteiger partial charge in [0, 0.05) is 13.0 Å². The summed E-state index contributed by atoms with van der Waals surface area (Å²) in [5, 5.41) is 3.33. The minimum absolute atomic E-state index is 0.144. The van der Waals surface area contributed by atoms with Gasteiger partial charge in [-0.05, 0) is 44.6 Å². The number of esters is 1. The third kappa shape index (κ3) is 5.06. The number of ether oxygens (including phenoxy) is 2. The lowest BCUT2D eigenvalue weighted by Gasteiger charge is -2.39. The van der Waals surface area contributed by atoms with Gasteiger partial charge in [-0.3, -0.25) is 4.79 Å². The number of carbonyl (C=O) groups is 1. The lowest BCUT2D eigenvalue weighted by atomic mass is 9.80. The highest BCUT2D eigenvalue weighted by Crippen LogP contribution is 2.31. The van der Waals surface area contributed by atoms with E-state index in [0.717, 1.165) is 51.2 Å². The molecule has 0 spiro atoms. The van der Waals surface area contributed by atoms with Crippen molar-refractivity contribution in [2.45, 2.75) is 70.9 Å². The highest BCUT2D eigenvalue weighted by atomic mass is 16.5. The second kappa shape index (κ2) is 8.63. The Morgan fingerprint density at radius 3 is 2.80 bits per heavy atom. The molecule has 0 saturated heterocycles. The van der Waals surface area contributed by atoms with Gasteiger partial charge in [-0.2, -0.15) is 0 Å². The van der Waals surface area contributed by atoms with Crippen LogP contribution in [0.5, 0.6) is 0 Å². The standard InChI is InChI=1S/C16H31NO3/c1-5-17-16(15(18)19-4)10-6-9-14(12-16)20-11-7-8-13(2)3/h13-14,17H,5-12H2,1-4H3. The molecule has 0 bridgehead atoms. The molecule has 20 heavy (non-hydrogen) atoms. The van der Waals surface area contributed by atoms with Gasteiger partial charge < -0.3 is 14.8 Å². The van der Waals surface area contributed by atoms with Crippen LogP contribution in [0.2, 0.25) is 0 Å². The fourth-order valence-electron chi connectivity index (χ4n) is 3.06. The number of likely N-dealkylation sites (N-methyl/N-ethyl adjacent to an activating group) is 1. The van der Waals surface area contributed by atoms with Crippen molar-refractivity contribution in [2.75, 3.05) is 20.3 Å². The topological polar surface area (TPSA) is 47.6 Å². The molecule has 1 aliphatic rings. The molecule has 1 rings (SSSR count). The van der Waals surface area contributed by atoms with E-state index >= 15 is 0 Å². The molecular formula is C16H31NO3. The zero-order chi connectivity index (χ0) is 15.0. The highest BCUT2D eigenvalue weighted by Gasteiger charge is 2.43. The van der Waals surface area contributed by atoms with Crippen molar-refractivity contribution in [1.29, 1.82) is 0 Å². The molecule has 1 saturated carbocycles. The Kier molecular flexibility index (Phi) is 7.52. The van der Waals surface area contributed by atoms with Crippen molar-refractivity contribution in [1.82, 2.24) is 5.32 Å². The maximum absolute atomic E-state index is 12.1. The Labute approximate surface area is 123 Å². The summed E-state index contributed by atoms with van der Waals surface area (Å²) in [5.74, 6) is 0.579. The number of hydrogen-bond acceptors (Lipinski definition) is 4. The molecule has 0 radical (unpaired) electrons. The van der Waals surface area contributed by atoms with E-state index in [0.29, 0.717) is 0 Å². The van der Waals surface area contributed by atoms with Crippen LogP contribution in [-0.4, -0.2) is 37.9 Å². The first-order valence-electron chi connectivity index (χ1n) is 7.99. The van der Waals surface area contributed by atoms with Gasteiger partial charge in [-0.15, -0.1) is 0 Å². The van der Waals surface area contributed by atoms with Crippen molar-refractivity contribution in [3.8, 4) is 0 Å². The van der Waals surface area contributed by atoms with Crippen molar-refractivity contribution in [2.24, 2.45) is 5.92 Å². The van der Waals surface area contributed by atoms with E-state index in [2.05, 4.69) is 19.2 Å². The quantitative estimate of drug-likeness (QED) is 0.550. The van der Waals surface area contributed by atoms with Crippen molar-refractivity contribution >= 4 is 5.97 Å². The zero-order valence-electron chi connectivity index (χ0n) is 13.5. The largest absolute Gasteiger partial charge is 0.468 e. The number of nitrogens with one attached hydrogen (secondary N) is 1. The Balaban J connectivity index is 2.48. The summed E-state index contributed by atoms with van der Waals surface area (Å²) in [7, 11) is 1.47. The molecular weight excluding hydrogens is 254 g/mol. The van der Waals surface area contributed by atoms with E-state index in [1.807, 2.05) is 6.92 Å². The molecule has 0 aromatic heterocycles. The first-order valence-corrected chi connectivity index (χ1v) is 7.99. The maximum atomic E-state index is 12.1. The Morgan fingerprint density at radius 2 is 2.20 bits per heavy atom. The van der Waals surface area contributed by atoms with Crippen LogP contribution in [0.15, 0.2) is 0 Å². The van der Waals surface area contributed by atoms with Crippen LogP contribution >= 0.6 is 0 Å². The van der Waals surface area contributed by atoms with Gasteiger partial charge in [0.15, 0.2) is 0 Å². The molecule has 1 N–H and O–H groups in total. The molecule has 118 valence electrons. The van der Waals surface area contributed by atoms with E-state index in [4.69, 9.17) is 9.47 Å². The summed E-state index contributed by atoms with van der Waals surface area (Å²) in [5.41, 5.74) is -0.537. The smallest absolute Gasteiger partial charge is 0.326 e. The summed E-state index contributed by atoms with van der Waals surface area (Å²) in [6.07, 6.45) is 6.11. The zero-order valence-corrected chi connectivity index (χ0v) is 13.5. The van der Waals surface area contributed by atoms with Gasteiger partial charge in [-0.1, -0.05) is 20.8 Å². The van der Waals surface area contributed by atoms with E-state index in [1.54, 1.807) is 0 Å². The molecule has 1 aliphatic carbocycles. The minimum Gasteiger partial charge on any atom is -0.468 e. The van der Waals surface area contributed by atoms with Crippen LogP contribution in [0.4, 0.5) is 0 Å². The molecule has 1 fully saturated rings. The van der Waals surface area contributed by atoms with Crippen LogP contribution in [0.3, 0.4) is 0 Å². The highest BCUT2D eigenvalue weighted by molar-refractivity contribution is 5.81. The molecule has 4 nitrogen and oxygen atoms in total. The van der Waals surface area contributed by atoms with Crippen LogP contribution < -0.4 is 5.32 Å². The van der Waals surface area contributed by atoms with Crippen LogP contribution in [-0.2, 0) is 14.3 Å². The number of methoxy groups -OCH3 is 1. The van der Waals surface area contributed by atoms with E-state index in [1.165, 1.54) is 13.5 Å². The monoisotopic (exact) mass is 285 g/mol. The van der Waals surface area contributed by atoms with Crippen LogP contribution in [0.1, 0.15) is 59.3 Å². The molecule has 2 atom stereocenters.